The van der Waals surface area contributed by atoms with Crippen LogP contribution in [0, 0.1) is 0 Å². The summed E-state index contributed by atoms with van der Waals surface area (Å²) in [5.41, 5.74) is 1.27. The number of aromatic nitrogens is 1. The van der Waals surface area contributed by atoms with Crippen LogP contribution in [-0.2, 0) is 11.3 Å². The summed E-state index contributed by atoms with van der Waals surface area (Å²) in [6, 6.07) is 8.42. The minimum atomic E-state index is 0.460. The third-order valence-electron chi connectivity index (χ3n) is 3.98. The maximum absolute atomic E-state index is 5.75. The number of pyridine rings is 1. The molecule has 106 valence electrons. The highest BCUT2D eigenvalue weighted by Crippen LogP contribution is 2.17. The summed E-state index contributed by atoms with van der Waals surface area (Å²) in [6.07, 6.45) is 9.22. The fraction of sp³-hybridized carbons (Fsp3) is 0.471. The first-order valence-corrected chi connectivity index (χ1v) is 7.57. The molecule has 0 radical (unpaired) electrons. The lowest BCUT2D eigenvalue weighted by molar-refractivity contribution is 0.0115. The van der Waals surface area contributed by atoms with E-state index in [1.54, 1.807) is 0 Å². The molecule has 0 amide bonds. The molecule has 3 nitrogen and oxygen atoms in total. The molecule has 3 heteroatoms. The molecule has 1 N–H and O–H groups in total. The number of nitrogens with one attached hydrogen (secondary N) is 1. The second kappa shape index (κ2) is 6.82. The van der Waals surface area contributed by atoms with Gasteiger partial charge in [-0.15, -0.1) is 0 Å². The molecule has 1 unspecified atom stereocenters. The van der Waals surface area contributed by atoms with Gasteiger partial charge in [0.05, 0.1) is 6.10 Å². The van der Waals surface area contributed by atoms with Gasteiger partial charge in [-0.3, -0.25) is 4.98 Å². The van der Waals surface area contributed by atoms with E-state index in [9.17, 15) is 0 Å². The van der Waals surface area contributed by atoms with Crippen LogP contribution in [0.25, 0.3) is 10.8 Å². The van der Waals surface area contributed by atoms with E-state index in [1.807, 2.05) is 12.4 Å². The fourth-order valence-electron chi connectivity index (χ4n) is 2.84. The molecule has 0 spiro atoms. The fourth-order valence-corrected chi connectivity index (χ4v) is 2.84. The SMILES string of the molecule is c1ccc2c(CNCCC3CCCCO3)cncc2c1. The summed E-state index contributed by atoms with van der Waals surface area (Å²) >= 11 is 0. The van der Waals surface area contributed by atoms with E-state index in [4.69, 9.17) is 4.74 Å². The van der Waals surface area contributed by atoms with Crippen LogP contribution < -0.4 is 5.32 Å². The highest BCUT2D eigenvalue weighted by Gasteiger charge is 2.12. The number of hydrogen-bond acceptors (Lipinski definition) is 3. The molecule has 1 aliphatic rings. The minimum Gasteiger partial charge on any atom is -0.378 e. The zero-order chi connectivity index (χ0) is 13.6. The lowest BCUT2D eigenvalue weighted by Crippen LogP contribution is -2.25. The van der Waals surface area contributed by atoms with E-state index in [2.05, 4.69) is 34.6 Å². The van der Waals surface area contributed by atoms with Crippen molar-refractivity contribution < 1.29 is 4.74 Å². The second-order valence-electron chi connectivity index (χ2n) is 5.47. The Morgan fingerprint density at radius 3 is 3.05 bits per heavy atom. The zero-order valence-electron chi connectivity index (χ0n) is 11.8. The average Bonchev–Trinajstić information content (AvgIpc) is 2.53. The Balaban J connectivity index is 1.52. The van der Waals surface area contributed by atoms with E-state index in [-0.39, 0.29) is 0 Å². The van der Waals surface area contributed by atoms with Crippen molar-refractivity contribution in [2.24, 2.45) is 0 Å². The van der Waals surface area contributed by atoms with Crippen LogP contribution in [0.15, 0.2) is 36.7 Å². The van der Waals surface area contributed by atoms with E-state index in [0.717, 1.165) is 26.1 Å². The molecule has 20 heavy (non-hydrogen) atoms. The van der Waals surface area contributed by atoms with Crippen LogP contribution in [0.1, 0.15) is 31.2 Å². The molecule has 2 heterocycles. The molecule has 1 aromatic carbocycles. The second-order valence-corrected chi connectivity index (χ2v) is 5.47. The summed E-state index contributed by atoms with van der Waals surface area (Å²) in [7, 11) is 0. The highest BCUT2D eigenvalue weighted by molar-refractivity contribution is 5.84. The number of fused-ring (bicyclic) bond motifs is 1. The van der Waals surface area contributed by atoms with Gasteiger partial charge in [0.25, 0.3) is 0 Å². The summed E-state index contributed by atoms with van der Waals surface area (Å²) in [4.78, 5) is 4.32. The molecule has 1 fully saturated rings. The Bertz CT molecular complexity index is 544. The Kier molecular flexibility index (Phi) is 4.61. The smallest absolute Gasteiger partial charge is 0.0587 e. The van der Waals surface area contributed by atoms with Gasteiger partial charge in [0.1, 0.15) is 0 Å². The Hall–Kier alpha value is -1.45. The van der Waals surface area contributed by atoms with Gasteiger partial charge < -0.3 is 10.1 Å². The normalized spacial score (nSPS) is 19.3. The zero-order valence-corrected chi connectivity index (χ0v) is 11.8. The number of nitrogens with zero attached hydrogens (tertiary/aromatic N) is 1. The van der Waals surface area contributed by atoms with Crippen molar-refractivity contribution in [2.75, 3.05) is 13.2 Å². The summed E-state index contributed by atoms with van der Waals surface area (Å²) < 4.78 is 5.75. The highest BCUT2D eigenvalue weighted by atomic mass is 16.5. The monoisotopic (exact) mass is 270 g/mol. The van der Waals surface area contributed by atoms with Crippen molar-refractivity contribution >= 4 is 10.8 Å². The molecule has 2 aromatic rings. The van der Waals surface area contributed by atoms with Crippen LogP contribution in [0.5, 0.6) is 0 Å². The van der Waals surface area contributed by atoms with Gasteiger partial charge in [0, 0.05) is 30.9 Å². The van der Waals surface area contributed by atoms with Crippen LogP contribution >= 0.6 is 0 Å². The van der Waals surface area contributed by atoms with Gasteiger partial charge >= 0.3 is 0 Å². The van der Waals surface area contributed by atoms with Crippen LogP contribution in [0.3, 0.4) is 0 Å². The third kappa shape index (κ3) is 3.35. The van der Waals surface area contributed by atoms with Gasteiger partial charge in [-0.2, -0.15) is 0 Å². The average molecular weight is 270 g/mol. The van der Waals surface area contributed by atoms with Crippen molar-refractivity contribution in [1.29, 1.82) is 0 Å². The quantitative estimate of drug-likeness (QED) is 0.847. The first-order valence-electron chi connectivity index (χ1n) is 7.57. The molecule has 1 saturated heterocycles. The van der Waals surface area contributed by atoms with E-state index < -0.39 is 0 Å². The number of ether oxygens (including phenoxy) is 1. The van der Waals surface area contributed by atoms with Gasteiger partial charge in [0.15, 0.2) is 0 Å². The number of rotatable bonds is 5. The predicted octanol–water partition coefficient (Wildman–Crippen LogP) is 3.28. The Morgan fingerprint density at radius 2 is 2.15 bits per heavy atom. The topological polar surface area (TPSA) is 34.1 Å². The summed E-state index contributed by atoms with van der Waals surface area (Å²) in [5.74, 6) is 0. The largest absolute Gasteiger partial charge is 0.378 e. The lowest BCUT2D eigenvalue weighted by Gasteiger charge is -2.22. The lowest BCUT2D eigenvalue weighted by atomic mass is 10.1. The van der Waals surface area contributed by atoms with Gasteiger partial charge in [0.2, 0.25) is 0 Å². The van der Waals surface area contributed by atoms with E-state index >= 15 is 0 Å². The maximum Gasteiger partial charge on any atom is 0.0587 e. The third-order valence-corrected chi connectivity index (χ3v) is 3.98. The van der Waals surface area contributed by atoms with Crippen molar-refractivity contribution in [3.05, 3.63) is 42.2 Å². The van der Waals surface area contributed by atoms with Crippen molar-refractivity contribution in [2.45, 2.75) is 38.3 Å². The summed E-state index contributed by atoms with van der Waals surface area (Å²) in [5, 5.41) is 6.03. The molecule has 1 aromatic heterocycles. The number of hydrogen-bond donors (Lipinski definition) is 1. The first-order chi connectivity index (χ1) is 9.93. The minimum absolute atomic E-state index is 0.460. The standard InChI is InChI=1S/C17H22N2O/c1-2-7-17-14(5-1)11-19-13-15(17)12-18-9-8-16-6-3-4-10-20-16/h1-2,5,7,11,13,16,18H,3-4,6,8-10,12H2. The van der Waals surface area contributed by atoms with Crippen molar-refractivity contribution in [3.63, 3.8) is 0 Å². The molecule has 0 bridgehead atoms. The molecule has 1 aliphatic heterocycles. The molecule has 0 saturated carbocycles. The Labute approximate surface area is 120 Å². The molecule has 0 aliphatic carbocycles. The van der Waals surface area contributed by atoms with Crippen molar-refractivity contribution in [3.8, 4) is 0 Å². The van der Waals surface area contributed by atoms with Crippen LogP contribution in [0.2, 0.25) is 0 Å². The molecular weight excluding hydrogens is 248 g/mol. The van der Waals surface area contributed by atoms with Gasteiger partial charge in [-0.25, -0.2) is 0 Å². The Morgan fingerprint density at radius 1 is 1.20 bits per heavy atom. The molecule has 3 rings (SSSR count). The predicted molar refractivity (Wildman–Crippen MR) is 81.7 cm³/mol. The van der Waals surface area contributed by atoms with E-state index in [0.29, 0.717) is 6.10 Å². The van der Waals surface area contributed by atoms with Crippen LogP contribution in [-0.4, -0.2) is 24.2 Å². The van der Waals surface area contributed by atoms with Gasteiger partial charge in [-0.1, -0.05) is 24.3 Å². The van der Waals surface area contributed by atoms with Crippen molar-refractivity contribution in [1.82, 2.24) is 10.3 Å². The number of benzene rings is 1. The molecular formula is C17H22N2O. The molecule has 1 atom stereocenters. The first kappa shape index (κ1) is 13.5. The maximum atomic E-state index is 5.75. The van der Waals surface area contributed by atoms with Crippen LogP contribution in [0.4, 0.5) is 0 Å². The summed E-state index contributed by atoms with van der Waals surface area (Å²) in [6.45, 7) is 2.83. The van der Waals surface area contributed by atoms with E-state index in [1.165, 1.54) is 35.6 Å². The van der Waals surface area contributed by atoms with Gasteiger partial charge in [-0.05, 0) is 43.2 Å².